The number of anilines is 1. The van der Waals surface area contributed by atoms with E-state index in [9.17, 15) is 23.3 Å². The smallest absolute Gasteiger partial charge is 0.351 e. The molecule has 2 heterocycles. The van der Waals surface area contributed by atoms with Gasteiger partial charge in [0, 0.05) is 19.7 Å². The van der Waals surface area contributed by atoms with Crippen LogP contribution >= 0.6 is 8.53 Å². The summed E-state index contributed by atoms with van der Waals surface area (Å²) in [7, 11) is -0.725. The van der Waals surface area contributed by atoms with Crippen molar-refractivity contribution in [2.24, 2.45) is 0 Å². The SMILES string of the molecule is CNc1ccn(C2OC(COP(O)NCC(=O)OCc3ccccc3)CC2(F)F)c(=O)n1. The van der Waals surface area contributed by atoms with Gasteiger partial charge in [-0.2, -0.15) is 4.98 Å². The second-order valence-corrected chi connectivity index (χ2v) is 8.00. The highest BCUT2D eigenvalue weighted by atomic mass is 31.2. The minimum atomic E-state index is -3.34. The average molecular weight is 472 g/mol. The molecule has 10 nitrogen and oxygen atoms in total. The van der Waals surface area contributed by atoms with Gasteiger partial charge in [-0.05, 0) is 11.6 Å². The summed E-state index contributed by atoms with van der Waals surface area (Å²) in [5, 5.41) is 5.08. The topological polar surface area (TPSA) is 124 Å². The Bertz CT molecular complexity index is 964. The van der Waals surface area contributed by atoms with Crippen molar-refractivity contribution in [3.8, 4) is 0 Å². The van der Waals surface area contributed by atoms with Crippen LogP contribution < -0.4 is 16.1 Å². The molecule has 0 spiro atoms. The van der Waals surface area contributed by atoms with Crippen molar-refractivity contribution in [1.82, 2.24) is 14.6 Å². The molecule has 0 bridgehead atoms. The lowest BCUT2D eigenvalue weighted by Gasteiger charge is -2.20. The summed E-state index contributed by atoms with van der Waals surface area (Å²) in [5.74, 6) is -3.71. The number of hydrogen-bond donors (Lipinski definition) is 3. The van der Waals surface area contributed by atoms with Crippen molar-refractivity contribution < 1.29 is 32.5 Å². The van der Waals surface area contributed by atoms with Gasteiger partial charge in [0.2, 0.25) is 6.23 Å². The Labute approximate surface area is 183 Å². The zero-order chi connectivity index (χ0) is 23.1. The summed E-state index contributed by atoms with van der Waals surface area (Å²) in [6.07, 6.45) is -2.45. The molecule has 13 heteroatoms. The Balaban J connectivity index is 1.43. The van der Waals surface area contributed by atoms with Gasteiger partial charge in [0.15, 0.2) is 0 Å². The molecule has 1 aromatic heterocycles. The maximum Gasteiger partial charge on any atom is 0.351 e. The normalized spacial score (nSPS) is 20.6. The van der Waals surface area contributed by atoms with E-state index in [1.807, 2.05) is 18.2 Å². The molecule has 0 saturated carbocycles. The standard InChI is InChI=1S/C19H23F2N4O6P/c1-22-15-7-8-25(18(27)24-15)17-19(20,21)9-14(31-17)12-30-32(28)23-10-16(26)29-11-13-5-3-2-4-6-13/h2-8,14,17,23,28H,9-12H2,1H3,(H,22,24,27). The number of hydrogen-bond acceptors (Lipinski definition) is 9. The van der Waals surface area contributed by atoms with Gasteiger partial charge < -0.3 is 24.2 Å². The summed E-state index contributed by atoms with van der Waals surface area (Å²) < 4.78 is 44.9. The first-order valence-corrected chi connectivity index (χ1v) is 10.8. The first-order chi connectivity index (χ1) is 15.3. The lowest BCUT2D eigenvalue weighted by molar-refractivity contribution is -0.143. The van der Waals surface area contributed by atoms with Crippen molar-refractivity contribution in [2.75, 3.05) is 25.5 Å². The number of carbonyl (C=O) groups excluding carboxylic acids is 1. The highest BCUT2D eigenvalue weighted by Gasteiger charge is 2.52. The summed E-state index contributed by atoms with van der Waals surface area (Å²) in [6.45, 7) is -0.600. The number of aromatic nitrogens is 2. The molecule has 3 rings (SSSR count). The average Bonchev–Trinajstić information content (AvgIpc) is 3.09. The molecule has 0 amide bonds. The largest absolute Gasteiger partial charge is 0.460 e. The Hall–Kier alpha value is -2.50. The molecule has 0 radical (unpaired) electrons. The van der Waals surface area contributed by atoms with Gasteiger partial charge in [-0.3, -0.25) is 9.36 Å². The van der Waals surface area contributed by atoms with Crippen molar-refractivity contribution in [2.45, 2.75) is 31.3 Å². The van der Waals surface area contributed by atoms with E-state index < -0.39 is 44.9 Å². The third-order valence-electron chi connectivity index (χ3n) is 4.51. The molecular formula is C19H23F2N4O6P. The Morgan fingerprint density at radius 2 is 2.12 bits per heavy atom. The molecule has 32 heavy (non-hydrogen) atoms. The molecule has 3 N–H and O–H groups in total. The highest BCUT2D eigenvalue weighted by Crippen LogP contribution is 2.42. The van der Waals surface area contributed by atoms with Crippen molar-refractivity contribution >= 4 is 20.3 Å². The van der Waals surface area contributed by atoms with E-state index in [1.54, 1.807) is 19.2 Å². The second-order valence-electron chi connectivity index (χ2n) is 6.88. The minimum Gasteiger partial charge on any atom is -0.460 e. The van der Waals surface area contributed by atoms with Gasteiger partial charge in [-0.25, -0.2) is 18.7 Å². The van der Waals surface area contributed by atoms with Gasteiger partial charge in [0.1, 0.15) is 19.0 Å². The number of benzene rings is 1. The number of alkyl halides is 2. The maximum atomic E-state index is 14.4. The van der Waals surface area contributed by atoms with Crippen LogP contribution in [0.5, 0.6) is 0 Å². The number of rotatable bonds is 10. The number of halogens is 2. The number of ether oxygens (including phenoxy) is 2. The van der Waals surface area contributed by atoms with Crippen LogP contribution in [0.4, 0.5) is 14.6 Å². The zero-order valence-electron chi connectivity index (χ0n) is 17.1. The number of nitrogens with zero attached hydrogens (tertiary/aromatic N) is 2. The van der Waals surface area contributed by atoms with Gasteiger partial charge in [0.25, 0.3) is 14.4 Å². The third kappa shape index (κ3) is 6.50. The quantitative estimate of drug-likeness (QED) is 0.351. The first kappa shape index (κ1) is 24.1. The van der Waals surface area contributed by atoms with Gasteiger partial charge in [-0.15, -0.1) is 0 Å². The fourth-order valence-electron chi connectivity index (χ4n) is 2.95. The van der Waals surface area contributed by atoms with E-state index in [-0.39, 0.29) is 25.6 Å². The van der Waals surface area contributed by atoms with Crippen LogP contribution in [0, 0.1) is 0 Å². The Kier molecular flexibility index (Phi) is 8.21. The van der Waals surface area contributed by atoms with Crippen LogP contribution in [-0.2, 0) is 25.4 Å². The predicted octanol–water partition coefficient (Wildman–Crippen LogP) is 1.78. The van der Waals surface area contributed by atoms with E-state index in [4.69, 9.17) is 14.0 Å². The van der Waals surface area contributed by atoms with E-state index in [0.717, 1.165) is 5.56 Å². The minimum absolute atomic E-state index is 0.0848. The van der Waals surface area contributed by atoms with E-state index in [1.165, 1.54) is 12.3 Å². The van der Waals surface area contributed by atoms with Crippen LogP contribution in [0.25, 0.3) is 0 Å². The fraction of sp³-hybridized carbons (Fsp3) is 0.421. The zero-order valence-corrected chi connectivity index (χ0v) is 18.0. The van der Waals surface area contributed by atoms with Crippen molar-refractivity contribution in [1.29, 1.82) is 0 Å². The molecule has 1 fully saturated rings. The third-order valence-corrected chi connectivity index (χ3v) is 5.33. The van der Waals surface area contributed by atoms with Crippen LogP contribution in [0.15, 0.2) is 47.4 Å². The Morgan fingerprint density at radius 1 is 1.38 bits per heavy atom. The monoisotopic (exact) mass is 472 g/mol. The van der Waals surface area contributed by atoms with Gasteiger partial charge in [0.05, 0.1) is 12.7 Å². The van der Waals surface area contributed by atoms with Gasteiger partial charge in [-0.1, -0.05) is 30.3 Å². The number of carbonyl (C=O) groups is 1. The molecule has 1 aliphatic heterocycles. The molecule has 2 aromatic rings. The summed E-state index contributed by atoms with van der Waals surface area (Å²) >= 11 is 0. The molecule has 1 aliphatic rings. The lowest BCUT2D eigenvalue weighted by atomic mass is 10.2. The lowest BCUT2D eigenvalue weighted by Crippen LogP contribution is -2.35. The highest BCUT2D eigenvalue weighted by molar-refractivity contribution is 7.43. The Morgan fingerprint density at radius 3 is 2.81 bits per heavy atom. The van der Waals surface area contributed by atoms with Crippen LogP contribution in [0.2, 0.25) is 0 Å². The second kappa shape index (κ2) is 10.9. The summed E-state index contributed by atoms with van der Waals surface area (Å²) in [6, 6.07) is 10.4. The first-order valence-electron chi connectivity index (χ1n) is 9.63. The summed E-state index contributed by atoms with van der Waals surface area (Å²) in [4.78, 5) is 37.3. The molecular weight excluding hydrogens is 449 g/mol. The molecule has 3 atom stereocenters. The molecule has 3 unspecified atom stereocenters. The predicted molar refractivity (Wildman–Crippen MR) is 111 cm³/mol. The molecule has 1 aromatic carbocycles. The van der Waals surface area contributed by atoms with Crippen molar-refractivity contribution in [3.05, 3.63) is 58.6 Å². The van der Waals surface area contributed by atoms with E-state index >= 15 is 0 Å². The van der Waals surface area contributed by atoms with Crippen LogP contribution in [-0.4, -0.2) is 52.6 Å². The number of nitrogens with one attached hydrogen (secondary N) is 2. The number of esters is 1. The van der Waals surface area contributed by atoms with Crippen molar-refractivity contribution in [3.63, 3.8) is 0 Å². The fourth-order valence-corrected chi connectivity index (χ4v) is 3.62. The maximum absolute atomic E-state index is 14.4. The molecule has 174 valence electrons. The summed E-state index contributed by atoms with van der Waals surface area (Å²) in [5.41, 5.74) is -0.0738. The van der Waals surface area contributed by atoms with E-state index in [0.29, 0.717) is 4.57 Å². The van der Waals surface area contributed by atoms with Gasteiger partial charge >= 0.3 is 11.7 Å². The van der Waals surface area contributed by atoms with E-state index in [2.05, 4.69) is 15.4 Å². The van der Waals surface area contributed by atoms with Crippen LogP contribution in [0.1, 0.15) is 18.2 Å². The molecule has 0 aliphatic carbocycles. The van der Waals surface area contributed by atoms with Crippen LogP contribution in [0.3, 0.4) is 0 Å². The molecule has 1 saturated heterocycles.